The summed E-state index contributed by atoms with van der Waals surface area (Å²) in [4.78, 5) is 20.2. The van der Waals surface area contributed by atoms with Gasteiger partial charge in [0.2, 0.25) is 0 Å². The zero-order valence-corrected chi connectivity index (χ0v) is 12.8. The predicted molar refractivity (Wildman–Crippen MR) is 86.0 cm³/mol. The van der Waals surface area contributed by atoms with Gasteiger partial charge in [0.15, 0.2) is 5.82 Å². The van der Waals surface area contributed by atoms with Crippen LogP contribution in [0.4, 0.5) is 17.3 Å². The molecule has 23 heavy (non-hydrogen) atoms. The van der Waals surface area contributed by atoms with E-state index in [1.807, 2.05) is 0 Å². The molecule has 0 aliphatic heterocycles. The molecule has 0 bridgehead atoms. The van der Waals surface area contributed by atoms with Gasteiger partial charge in [-0.1, -0.05) is 22.8 Å². The molecule has 1 amide bonds. The number of aromatic nitrogens is 3. The van der Waals surface area contributed by atoms with Crippen LogP contribution in [0.3, 0.4) is 0 Å². The normalized spacial score (nSPS) is 10.3. The van der Waals surface area contributed by atoms with Gasteiger partial charge in [-0.2, -0.15) is 0 Å². The van der Waals surface area contributed by atoms with Crippen LogP contribution >= 0.6 is 11.6 Å². The van der Waals surface area contributed by atoms with Crippen LogP contribution in [0, 0.1) is 6.92 Å². The number of carbonyl (C=O) groups is 1. The monoisotopic (exact) mass is 329 g/mol. The minimum atomic E-state index is -0.367. The molecule has 3 aromatic rings. The molecule has 0 atom stereocenters. The fourth-order valence-electron chi connectivity index (χ4n) is 1.87. The van der Waals surface area contributed by atoms with Crippen molar-refractivity contribution >= 4 is 34.8 Å². The number of nitrogens with zero attached hydrogens (tertiary/aromatic N) is 3. The zero-order valence-electron chi connectivity index (χ0n) is 12.1. The fourth-order valence-corrected chi connectivity index (χ4v) is 2.06. The van der Waals surface area contributed by atoms with Crippen molar-refractivity contribution < 1.29 is 9.32 Å². The summed E-state index contributed by atoms with van der Waals surface area (Å²) >= 11 is 5.89. The van der Waals surface area contributed by atoms with Gasteiger partial charge in [0.05, 0.1) is 0 Å². The molecule has 3 rings (SSSR count). The molecule has 0 aliphatic carbocycles. The molecule has 116 valence electrons. The highest BCUT2D eigenvalue weighted by Crippen LogP contribution is 2.17. The molecule has 2 aromatic heterocycles. The number of rotatable bonds is 4. The number of hydrogen-bond acceptors (Lipinski definition) is 6. The molecule has 0 spiro atoms. The minimum absolute atomic E-state index is 0.211. The molecule has 0 saturated heterocycles. The SMILES string of the molecule is Cc1cc(Nc2cc(C(=O)Nc3cccc(Cl)c3)ncn2)no1. The summed E-state index contributed by atoms with van der Waals surface area (Å²) in [5, 5.41) is 9.99. The van der Waals surface area contributed by atoms with Crippen molar-refractivity contribution in [2.75, 3.05) is 10.6 Å². The van der Waals surface area contributed by atoms with E-state index in [-0.39, 0.29) is 11.6 Å². The Balaban J connectivity index is 1.75. The van der Waals surface area contributed by atoms with Crippen molar-refractivity contribution in [3.8, 4) is 0 Å². The van der Waals surface area contributed by atoms with Crippen molar-refractivity contribution in [2.24, 2.45) is 0 Å². The second kappa shape index (κ2) is 6.45. The van der Waals surface area contributed by atoms with E-state index in [9.17, 15) is 4.79 Å². The van der Waals surface area contributed by atoms with E-state index in [1.54, 1.807) is 37.3 Å². The van der Waals surface area contributed by atoms with Gasteiger partial charge in [-0.3, -0.25) is 4.79 Å². The Hall–Kier alpha value is -2.93. The lowest BCUT2D eigenvalue weighted by Crippen LogP contribution is -2.14. The maximum atomic E-state index is 12.2. The summed E-state index contributed by atoms with van der Waals surface area (Å²) in [7, 11) is 0. The van der Waals surface area contributed by atoms with Crippen molar-refractivity contribution in [2.45, 2.75) is 6.92 Å². The lowest BCUT2D eigenvalue weighted by Gasteiger charge is -2.06. The third-order valence-electron chi connectivity index (χ3n) is 2.87. The Labute approximate surface area is 136 Å². The van der Waals surface area contributed by atoms with Gasteiger partial charge in [0, 0.05) is 22.8 Å². The highest BCUT2D eigenvalue weighted by atomic mass is 35.5. The first-order chi connectivity index (χ1) is 11.1. The molecule has 1 aromatic carbocycles. The van der Waals surface area contributed by atoms with Crippen LogP contribution in [0.1, 0.15) is 16.2 Å². The highest BCUT2D eigenvalue weighted by Gasteiger charge is 2.10. The Morgan fingerprint density at radius 1 is 1.17 bits per heavy atom. The lowest BCUT2D eigenvalue weighted by atomic mass is 10.3. The lowest BCUT2D eigenvalue weighted by molar-refractivity contribution is 0.102. The standard InChI is InChI=1S/C15H12ClN5O2/c1-9-5-14(21-23-9)20-13-7-12(17-8-18-13)15(22)19-11-4-2-3-10(16)6-11/h2-8H,1H3,(H,19,22)(H,17,18,20,21). The van der Waals surface area contributed by atoms with Crippen molar-refractivity contribution in [3.63, 3.8) is 0 Å². The maximum absolute atomic E-state index is 12.2. The quantitative estimate of drug-likeness (QED) is 0.761. The first-order valence-corrected chi connectivity index (χ1v) is 7.07. The summed E-state index contributed by atoms with van der Waals surface area (Å²) in [6.45, 7) is 1.78. The Morgan fingerprint density at radius 3 is 2.78 bits per heavy atom. The molecule has 0 unspecified atom stereocenters. The van der Waals surface area contributed by atoms with E-state index in [0.717, 1.165) is 0 Å². The van der Waals surface area contributed by atoms with Gasteiger partial charge in [0.25, 0.3) is 5.91 Å². The Kier molecular flexibility index (Phi) is 4.20. The predicted octanol–water partition coefficient (Wildman–Crippen LogP) is 3.42. The van der Waals surface area contributed by atoms with Gasteiger partial charge < -0.3 is 15.2 Å². The van der Waals surface area contributed by atoms with Gasteiger partial charge >= 0.3 is 0 Å². The van der Waals surface area contributed by atoms with Crippen LogP contribution < -0.4 is 10.6 Å². The third kappa shape index (κ3) is 3.83. The number of anilines is 3. The van der Waals surface area contributed by atoms with Crippen LogP contribution in [0.25, 0.3) is 0 Å². The second-order valence-electron chi connectivity index (χ2n) is 4.70. The molecule has 0 aliphatic rings. The number of nitrogens with one attached hydrogen (secondary N) is 2. The van der Waals surface area contributed by atoms with E-state index >= 15 is 0 Å². The van der Waals surface area contributed by atoms with E-state index < -0.39 is 0 Å². The molecule has 7 nitrogen and oxygen atoms in total. The van der Waals surface area contributed by atoms with Crippen LogP contribution in [0.15, 0.2) is 47.2 Å². The number of hydrogen-bond donors (Lipinski definition) is 2. The number of halogens is 1. The minimum Gasteiger partial charge on any atom is -0.360 e. The number of amides is 1. The van der Waals surface area contributed by atoms with Gasteiger partial charge in [-0.05, 0) is 25.1 Å². The molecule has 2 heterocycles. The number of carbonyl (C=O) groups excluding carboxylic acids is 1. The Bertz CT molecular complexity index is 849. The smallest absolute Gasteiger partial charge is 0.274 e. The van der Waals surface area contributed by atoms with Crippen molar-refractivity contribution in [1.82, 2.24) is 15.1 Å². The van der Waals surface area contributed by atoms with Crippen LogP contribution in [-0.4, -0.2) is 21.0 Å². The second-order valence-corrected chi connectivity index (χ2v) is 5.14. The summed E-state index contributed by atoms with van der Waals surface area (Å²) in [6, 6.07) is 10.1. The highest BCUT2D eigenvalue weighted by molar-refractivity contribution is 6.30. The number of aryl methyl sites for hydroxylation is 1. The molecule has 2 N–H and O–H groups in total. The summed E-state index contributed by atoms with van der Waals surface area (Å²) in [5.41, 5.74) is 0.797. The van der Waals surface area contributed by atoms with E-state index in [1.165, 1.54) is 12.4 Å². The van der Waals surface area contributed by atoms with Gasteiger partial charge in [-0.25, -0.2) is 9.97 Å². The van der Waals surface area contributed by atoms with Crippen molar-refractivity contribution in [1.29, 1.82) is 0 Å². The summed E-state index contributed by atoms with van der Waals surface area (Å²) < 4.78 is 4.96. The molecule has 0 radical (unpaired) electrons. The molecule has 0 saturated carbocycles. The average Bonchev–Trinajstić information content (AvgIpc) is 2.92. The molecule has 8 heteroatoms. The van der Waals surface area contributed by atoms with Gasteiger partial charge in [0.1, 0.15) is 23.6 Å². The third-order valence-corrected chi connectivity index (χ3v) is 3.10. The largest absolute Gasteiger partial charge is 0.360 e. The van der Waals surface area contributed by atoms with Gasteiger partial charge in [-0.15, -0.1) is 0 Å². The molecular weight excluding hydrogens is 318 g/mol. The van der Waals surface area contributed by atoms with E-state index in [4.69, 9.17) is 16.1 Å². The first kappa shape index (κ1) is 15.0. The Morgan fingerprint density at radius 2 is 2.04 bits per heavy atom. The van der Waals surface area contributed by atoms with Crippen LogP contribution in [0.2, 0.25) is 5.02 Å². The molecule has 0 fully saturated rings. The topological polar surface area (TPSA) is 92.9 Å². The first-order valence-electron chi connectivity index (χ1n) is 6.69. The number of benzene rings is 1. The van der Waals surface area contributed by atoms with Crippen molar-refractivity contribution in [3.05, 3.63) is 59.2 Å². The van der Waals surface area contributed by atoms with Crippen LogP contribution in [-0.2, 0) is 0 Å². The zero-order chi connectivity index (χ0) is 16.2. The van der Waals surface area contributed by atoms with E-state index in [0.29, 0.717) is 28.1 Å². The fraction of sp³-hybridized carbons (Fsp3) is 0.0667. The average molecular weight is 330 g/mol. The summed E-state index contributed by atoms with van der Waals surface area (Å²) in [5.74, 6) is 1.24. The maximum Gasteiger partial charge on any atom is 0.274 e. The summed E-state index contributed by atoms with van der Waals surface area (Å²) in [6.07, 6.45) is 1.29. The van der Waals surface area contributed by atoms with Crippen LogP contribution in [0.5, 0.6) is 0 Å². The molecular formula is C15H12ClN5O2. The van der Waals surface area contributed by atoms with E-state index in [2.05, 4.69) is 25.8 Å².